The Balaban J connectivity index is 1.67. The number of fused-ring (bicyclic) bond motifs is 1. The lowest BCUT2D eigenvalue weighted by atomic mass is 10.1. The van der Waals surface area contributed by atoms with E-state index in [1.54, 1.807) is 0 Å². The molecule has 2 aromatic carbocycles. The van der Waals surface area contributed by atoms with Crippen LogP contribution in [0.2, 0.25) is 0 Å². The zero-order valence-corrected chi connectivity index (χ0v) is 15.5. The zero-order chi connectivity index (χ0) is 18.4. The summed E-state index contributed by atoms with van der Waals surface area (Å²) < 4.78 is 11.2. The quantitative estimate of drug-likeness (QED) is 0.765. The molecule has 2 aromatic rings. The number of likely N-dealkylation sites (N-methyl/N-ethyl adjacent to an activating group) is 2. The highest BCUT2D eigenvalue weighted by molar-refractivity contribution is 5.81. The number of amides is 1. The highest BCUT2D eigenvalue weighted by atomic mass is 16.6. The van der Waals surface area contributed by atoms with E-state index in [0.717, 1.165) is 29.3 Å². The first-order chi connectivity index (χ1) is 12.7. The van der Waals surface area contributed by atoms with Crippen LogP contribution in [0.3, 0.4) is 0 Å². The van der Waals surface area contributed by atoms with Crippen LogP contribution in [0.5, 0.6) is 11.5 Å². The summed E-state index contributed by atoms with van der Waals surface area (Å²) in [6, 6.07) is 15.9. The second-order valence-electron chi connectivity index (χ2n) is 6.24. The molecule has 3 rings (SSSR count). The Bertz CT molecular complexity index is 733. The van der Waals surface area contributed by atoms with Crippen LogP contribution in [-0.2, 0) is 11.3 Å². The van der Waals surface area contributed by atoms with E-state index in [4.69, 9.17) is 9.47 Å². The van der Waals surface area contributed by atoms with E-state index in [0.29, 0.717) is 32.8 Å². The minimum Gasteiger partial charge on any atom is -0.486 e. The second-order valence-corrected chi connectivity index (χ2v) is 6.24. The van der Waals surface area contributed by atoms with Crippen LogP contribution in [-0.4, -0.2) is 43.7 Å². The van der Waals surface area contributed by atoms with Crippen molar-refractivity contribution < 1.29 is 14.3 Å². The van der Waals surface area contributed by atoms with Crippen molar-refractivity contribution in [3.05, 3.63) is 54.1 Å². The fourth-order valence-corrected chi connectivity index (χ4v) is 3.07. The normalized spacial score (nSPS) is 12.5. The van der Waals surface area contributed by atoms with E-state index in [-0.39, 0.29) is 5.91 Å². The van der Waals surface area contributed by atoms with E-state index in [2.05, 4.69) is 11.8 Å². The molecule has 0 aromatic heterocycles. The maximum Gasteiger partial charge on any atom is 0.242 e. The number of hydrogen-bond donors (Lipinski definition) is 0. The largest absolute Gasteiger partial charge is 0.486 e. The molecule has 0 spiro atoms. The molecule has 0 atom stereocenters. The number of anilines is 1. The first-order valence-corrected chi connectivity index (χ1v) is 9.17. The van der Waals surface area contributed by atoms with Crippen LogP contribution in [0.15, 0.2) is 48.5 Å². The third-order valence-electron chi connectivity index (χ3n) is 4.54. The van der Waals surface area contributed by atoms with Gasteiger partial charge in [-0.3, -0.25) is 4.79 Å². The molecule has 0 aliphatic carbocycles. The number of carbonyl (C=O) groups excluding carboxylic acids is 1. The minimum atomic E-state index is 0.119. The summed E-state index contributed by atoms with van der Waals surface area (Å²) >= 11 is 0. The van der Waals surface area contributed by atoms with Gasteiger partial charge in [-0.1, -0.05) is 24.3 Å². The topological polar surface area (TPSA) is 42.0 Å². The highest BCUT2D eigenvalue weighted by Crippen LogP contribution is 2.31. The van der Waals surface area contributed by atoms with Gasteiger partial charge in [0.2, 0.25) is 5.91 Å². The number of rotatable bonds is 7. The fourth-order valence-electron chi connectivity index (χ4n) is 3.07. The number of ether oxygens (including phenoxy) is 2. The number of carbonyl (C=O) groups is 1. The van der Waals surface area contributed by atoms with Crippen LogP contribution < -0.4 is 14.4 Å². The third-order valence-corrected chi connectivity index (χ3v) is 4.54. The third kappa shape index (κ3) is 4.28. The lowest BCUT2D eigenvalue weighted by molar-refractivity contribution is -0.130. The van der Waals surface area contributed by atoms with Crippen LogP contribution >= 0.6 is 0 Å². The summed E-state index contributed by atoms with van der Waals surface area (Å²) in [4.78, 5) is 16.8. The maximum atomic E-state index is 12.8. The predicted molar refractivity (Wildman–Crippen MR) is 103 cm³/mol. The first kappa shape index (κ1) is 18.1. The van der Waals surface area contributed by atoms with Gasteiger partial charge in [-0.25, -0.2) is 0 Å². The van der Waals surface area contributed by atoms with Crippen LogP contribution in [0.4, 0.5) is 5.69 Å². The van der Waals surface area contributed by atoms with Crippen molar-refractivity contribution >= 4 is 11.6 Å². The molecular weight excluding hydrogens is 328 g/mol. The predicted octanol–water partition coefficient (Wildman–Crippen LogP) is 3.33. The molecule has 0 fully saturated rings. The van der Waals surface area contributed by atoms with E-state index >= 15 is 0 Å². The Kier molecular flexibility index (Phi) is 6.00. The van der Waals surface area contributed by atoms with Gasteiger partial charge in [0.05, 0.1) is 6.54 Å². The molecule has 1 amide bonds. The highest BCUT2D eigenvalue weighted by Gasteiger charge is 2.18. The molecular formula is C21H26N2O3. The van der Waals surface area contributed by atoms with Crippen LogP contribution in [0, 0.1) is 0 Å². The molecule has 26 heavy (non-hydrogen) atoms. The number of nitrogens with zero attached hydrogens (tertiary/aromatic N) is 2. The second kappa shape index (κ2) is 8.61. The molecule has 1 heterocycles. The number of para-hydroxylation sites is 1. The van der Waals surface area contributed by atoms with E-state index in [1.165, 1.54) is 0 Å². The van der Waals surface area contributed by atoms with Gasteiger partial charge in [-0.2, -0.15) is 0 Å². The molecule has 0 unspecified atom stereocenters. The van der Waals surface area contributed by atoms with E-state index in [9.17, 15) is 4.79 Å². The summed E-state index contributed by atoms with van der Waals surface area (Å²) in [5, 5.41) is 0. The monoisotopic (exact) mass is 354 g/mol. The average Bonchev–Trinajstić information content (AvgIpc) is 2.70. The van der Waals surface area contributed by atoms with Gasteiger partial charge in [0.25, 0.3) is 0 Å². The molecule has 0 saturated carbocycles. The summed E-state index contributed by atoms with van der Waals surface area (Å²) in [5.41, 5.74) is 2.12. The SMILES string of the molecule is CCN(Cc1ccc2c(c1)OCCO2)C(=O)CN(CC)c1ccccc1. The Morgan fingerprint density at radius 2 is 1.69 bits per heavy atom. The first-order valence-electron chi connectivity index (χ1n) is 9.17. The zero-order valence-electron chi connectivity index (χ0n) is 15.5. The molecule has 5 heteroatoms. The van der Waals surface area contributed by atoms with Crippen LogP contribution in [0.25, 0.3) is 0 Å². The van der Waals surface area contributed by atoms with Gasteiger partial charge in [-0.15, -0.1) is 0 Å². The molecule has 0 saturated heterocycles. The number of benzene rings is 2. The van der Waals surface area contributed by atoms with Crippen molar-refractivity contribution in [2.45, 2.75) is 20.4 Å². The molecule has 1 aliphatic heterocycles. The Labute approximate surface area is 155 Å². The molecule has 5 nitrogen and oxygen atoms in total. The van der Waals surface area contributed by atoms with E-state index < -0.39 is 0 Å². The molecule has 0 radical (unpaired) electrons. The standard InChI is InChI=1S/C21H26N2O3/c1-3-22(18-8-6-5-7-9-18)16-21(24)23(4-2)15-17-10-11-19-20(14-17)26-13-12-25-19/h5-11,14H,3-4,12-13,15-16H2,1-2H3. The summed E-state index contributed by atoms with van der Waals surface area (Å²) in [7, 11) is 0. The Morgan fingerprint density at radius 1 is 0.962 bits per heavy atom. The summed E-state index contributed by atoms with van der Waals surface area (Å²) in [5.74, 6) is 1.65. The van der Waals surface area contributed by atoms with Gasteiger partial charge < -0.3 is 19.3 Å². The van der Waals surface area contributed by atoms with Gasteiger partial charge >= 0.3 is 0 Å². The van der Waals surface area contributed by atoms with Crippen molar-refractivity contribution in [3.63, 3.8) is 0 Å². The van der Waals surface area contributed by atoms with Crippen molar-refractivity contribution in [1.82, 2.24) is 4.90 Å². The molecule has 0 N–H and O–H groups in total. The van der Waals surface area contributed by atoms with Crippen molar-refractivity contribution in [1.29, 1.82) is 0 Å². The maximum absolute atomic E-state index is 12.8. The Hall–Kier alpha value is -2.69. The van der Waals surface area contributed by atoms with Crippen molar-refractivity contribution in [2.75, 3.05) is 37.7 Å². The number of hydrogen-bond acceptors (Lipinski definition) is 4. The fraction of sp³-hybridized carbons (Fsp3) is 0.381. The van der Waals surface area contributed by atoms with E-state index in [1.807, 2.05) is 60.4 Å². The average molecular weight is 354 g/mol. The van der Waals surface area contributed by atoms with Gasteiger partial charge in [-0.05, 0) is 43.7 Å². The molecule has 0 bridgehead atoms. The van der Waals surface area contributed by atoms with Gasteiger partial charge in [0.1, 0.15) is 13.2 Å². The minimum absolute atomic E-state index is 0.119. The lowest BCUT2D eigenvalue weighted by Gasteiger charge is -2.28. The lowest BCUT2D eigenvalue weighted by Crippen LogP contribution is -2.40. The van der Waals surface area contributed by atoms with Gasteiger partial charge in [0, 0.05) is 25.3 Å². The summed E-state index contributed by atoms with van der Waals surface area (Å²) in [6.45, 7) is 7.62. The smallest absolute Gasteiger partial charge is 0.242 e. The molecule has 1 aliphatic rings. The van der Waals surface area contributed by atoms with Crippen LogP contribution in [0.1, 0.15) is 19.4 Å². The van der Waals surface area contributed by atoms with Gasteiger partial charge in [0.15, 0.2) is 11.5 Å². The molecule has 138 valence electrons. The van der Waals surface area contributed by atoms with Crippen molar-refractivity contribution in [2.24, 2.45) is 0 Å². The summed E-state index contributed by atoms with van der Waals surface area (Å²) in [6.07, 6.45) is 0. The van der Waals surface area contributed by atoms with Crippen molar-refractivity contribution in [3.8, 4) is 11.5 Å². The Morgan fingerprint density at radius 3 is 2.38 bits per heavy atom.